The number of benzene rings is 2. The Morgan fingerprint density at radius 1 is 0.508 bits per heavy atom. The molecule has 0 radical (unpaired) electrons. The van der Waals surface area contributed by atoms with Gasteiger partial charge in [-0.25, -0.2) is 0 Å². The molecule has 0 spiro atoms. The summed E-state index contributed by atoms with van der Waals surface area (Å²) < 4.78 is 0. The van der Waals surface area contributed by atoms with Crippen LogP contribution < -0.4 is 0 Å². The minimum absolute atomic E-state index is 0.0457. The number of hydrogen-bond donors (Lipinski definition) is 2. The molecule has 9 saturated carbocycles. The second-order valence-electron chi connectivity index (χ2n) is 26.9. The molecule has 0 aromatic heterocycles. The molecule has 0 amide bonds. The van der Waals surface area contributed by atoms with Crippen molar-refractivity contribution in [1.82, 2.24) is 0 Å². The standard InChI is InChI=1S/C58H88O2S2.Ti/c1-11-53-25-39-26-54(12-2,33-53)36-57(29-39,35-53)45-23-43(51(5,6)7)21-41(49(45)59)31-61-47-19-17-15-16-18-20-48(47)62-32-42-22-44(52(8,9)10)24-46(50(42)60)58-30-40-27-55(13-3,37-58)34-56(14-4,28-40)38-58;/h21-24,39-40,47-48,59-60H,11-20,25-38H2,1-10H3;. The molecule has 0 saturated heterocycles. The molecule has 1 aliphatic heterocycles. The summed E-state index contributed by atoms with van der Waals surface area (Å²) in [6.07, 6.45) is 29.9. The fraction of sp³-hybridized carbons (Fsp3) is 0.793. The summed E-state index contributed by atoms with van der Waals surface area (Å²) in [5.41, 5.74) is 10.5. The molecule has 12 rings (SSSR count). The third-order valence-electron chi connectivity index (χ3n) is 20.6. The van der Waals surface area contributed by atoms with E-state index in [1.54, 1.807) is 0 Å². The molecular weight excluding hydrogens is 841 g/mol. The maximum atomic E-state index is 13.0. The van der Waals surface area contributed by atoms with Gasteiger partial charge >= 0.3 is 398 Å². The molecule has 9 aliphatic carbocycles. The molecule has 5 heteroatoms. The summed E-state index contributed by atoms with van der Waals surface area (Å²) in [4.78, 5) is 0. The summed E-state index contributed by atoms with van der Waals surface area (Å²) in [6.45, 7) is 24.5. The van der Waals surface area contributed by atoms with Crippen LogP contribution in [0.5, 0.6) is 11.5 Å². The normalized spacial score (nSPS) is 41.6. The molecule has 8 bridgehead atoms. The van der Waals surface area contributed by atoms with E-state index in [4.69, 9.17) is 0 Å². The first kappa shape index (κ1) is 46.2. The molecule has 1 heterocycles. The molecule has 2 nitrogen and oxygen atoms in total. The van der Waals surface area contributed by atoms with Crippen LogP contribution in [0.15, 0.2) is 24.3 Å². The van der Waals surface area contributed by atoms with Crippen LogP contribution in [-0.2, 0) is 48.6 Å². The van der Waals surface area contributed by atoms with Crippen LogP contribution in [-0.4, -0.2) is 20.7 Å². The van der Waals surface area contributed by atoms with Crippen molar-refractivity contribution >= 4 is 15.9 Å². The molecule has 348 valence electrons. The van der Waals surface area contributed by atoms with Crippen LogP contribution in [0, 0.1) is 33.5 Å². The van der Waals surface area contributed by atoms with Gasteiger partial charge in [0.15, 0.2) is 0 Å². The molecular formula is C58H88O2S2Ti. The zero-order chi connectivity index (χ0) is 44.6. The van der Waals surface area contributed by atoms with Crippen LogP contribution in [0.25, 0.3) is 0 Å². The van der Waals surface area contributed by atoms with Crippen LogP contribution in [0.2, 0.25) is 0 Å². The fourth-order valence-electron chi connectivity index (χ4n) is 18.1. The van der Waals surface area contributed by atoms with Gasteiger partial charge in [0, 0.05) is 0 Å². The Balaban J connectivity index is 1.07. The SMILES string of the molecule is CCC12CC3CC(CC)(C1)CC(c1cc(C(C)(C)C)cc(C[S]4=[Ti]=[S](Cc5cc(C(C)(C)C)cc(C67CC8CC(CC)(CC(CC)(C8)C6)C7)c5O)C5CCCCCCC54)c1O)(C3)C2. The zero-order valence-corrected chi connectivity index (χ0v) is 45.0. The van der Waals surface area contributed by atoms with Crippen molar-refractivity contribution in [2.75, 3.05) is 0 Å². The van der Waals surface area contributed by atoms with Crippen molar-refractivity contribution in [2.24, 2.45) is 33.5 Å². The third kappa shape index (κ3) is 7.84. The van der Waals surface area contributed by atoms with Crippen LogP contribution in [0.4, 0.5) is 0 Å². The van der Waals surface area contributed by atoms with Gasteiger partial charge in [-0.05, 0) is 0 Å². The van der Waals surface area contributed by atoms with Gasteiger partial charge in [-0.15, -0.1) is 0 Å². The van der Waals surface area contributed by atoms with Crippen LogP contribution in [0.1, 0.15) is 244 Å². The molecule has 2 N–H and O–H groups in total. The molecule has 8 atom stereocenters. The second kappa shape index (κ2) is 16.0. The molecule has 2 aromatic carbocycles. The number of fused-ring (bicyclic) bond motifs is 1. The number of phenolic OH excluding ortho intramolecular Hbond substituents is 2. The summed E-state index contributed by atoms with van der Waals surface area (Å²) in [7, 11) is 0.673. The van der Waals surface area contributed by atoms with Crippen molar-refractivity contribution in [1.29, 1.82) is 0 Å². The Kier molecular flexibility index (Phi) is 11.7. The summed E-state index contributed by atoms with van der Waals surface area (Å²) in [5.74, 6) is 5.29. The van der Waals surface area contributed by atoms with Crippen molar-refractivity contribution in [3.63, 3.8) is 0 Å². The molecule has 8 unspecified atom stereocenters. The third-order valence-corrected chi connectivity index (χ3v) is 36.5. The first-order valence-electron chi connectivity index (χ1n) is 26.6. The van der Waals surface area contributed by atoms with E-state index in [1.807, 2.05) is 0 Å². The van der Waals surface area contributed by atoms with E-state index in [0.29, 0.717) is 37.6 Å². The Morgan fingerprint density at radius 3 is 1.17 bits per heavy atom. The van der Waals surface area contributed by atoms with Gasteiger partial charge < -0.3 is 0 Å². The zero-order valence-electron chi connectivity index (χ0n) is 41.8. The summed E-state index contributed by atoms with van der Waals surface area (Å²) >= 11 is -0.301. The first-order valence-corrected chi connectivity index (χ1v) is 33.4. The van der Waals surface area contributed by atoms with Gasteiger partial charge in [0.2, 0.25) is 0 Å². The van der Waals surface area contributed by atoms with Crippen LogP contribution in [0.3, 0.4) is 0 Å². The summed E-state index contributed by atoms with van der Waals surface area (Å²) in [6, 6.07) is 10.1. The molecule has 63 heavy (non-hydrogen) atoms. The van der Waals surface area contributed by atoms with Crippen molar-refractivity contribution in [2.45, 2.75) is 254 Å². The topological polar surface area (TPSA) is 40.5 Å². The quantitative estimate of drug-likeness (QED) is 0.233. The van der Waals surface area contributed by atoms with Gasteiger partial charge in [-0.2, -0.15) is 0 Å². The Morgan fingerprint density at radius 2 is 0.857 bits per heavy atom. The van der Waals surface area contributed by atoms with E-state index in [1.165, 1.54) is 175 Å². The fourth-order valence-corrected chi connectivity index (χ4v) is 38.9. The van der Waals surface area contributed by atoms with E-state index >= 15 is 0 Å². The van der Waals surface area contributed by atoms with Gasteiger partial charge in [0.05, 0.1) is 0 Å². The van der Waals surface area contributed by atoms with E-state index in [0.717, 1.165) is 45.3 Å². The summed E-state index contributed by atoms with van der Waals surface area (Å²) in [5, 5.41) is 27.5. The number of hydrogen-bond acceptors (Lipinski definition) is 2. The average molecular weight is 929 g/mol. The van der Waals surface area contributed by atoms with Crippen LogP contribution >= 0.6 is 15.9 Å². The predicted octanol–water partition coefficient (Wildman–Crippen LogP) is 17.0. The first-order chi connectivity index (χ1) is 29.7. The Bertz CT molecular complexity index is 2020. The van der Waals surface area contributed by atoms with Gasteiger partial charge in [-0.3, -0.25) is 0 Å². The average Bonchev–Trinajstić information content (AvgIpc) is 3.50. The van der Waals surface area contributed by atoms with E-state index in [2.05, 4.69) is 93.5 Å². The minimum atomic E-state index is -0.301. The number of aromatic hydroxyl groups is 2. The molecule has 9 fully saturated rings. The van der Waals surface area contributed by atoms with E-state index in [-0.39, 0.29) is 37.1 Å². The van der Waals surface area contributed by atoms with Gasteiger partial charge in [-0.1, -0.05) is 0 Å². The van der Waals surface area contributed by atoms with Crippen molar-refractivity contribution < 1.29 is 25.7 Å². The second-order valence-corrected chi connectivity index (χ2v) is 38.3. The maximum absolute atomic E-state index is 13.0. The van der Waals surface area contributed by atoms with E-state index in [9.17, 15) is 10.2 Å². The Labute approximate surface area is 395 Å². The van der Waals surface area contributed by atoms with Gasteiger partial charge in [0.25, 0.3) is 0 Å². The van der Waals surface area contributed by atoms with Crippen molar-refractivity contribution in [3.05, 3.63) is 57.6 Å². The Hall–Kier alpha value is -0.546. The van der Waals surface area contributed by atoms with E-state index < -0.39 is 0 Å². The monoisotopic (exact) mass is 929 g/mol. The molecule has 10 aliphatic rings. The number of rotatable bonds is 10. The predicted molar refractivity (Wildman–Crippen MR) is 268 cm³/mol. The number of phenols is 2. The van der Waals surface area contributed by atoms with Gasteiger partial charge in [0.1, 0.15) is 0 Å². The molecule has 2 aromatic rings. The van der Waals surface area contributed by atoms with Crippen molar-refractivity contribution in [3.8, 4) is 11.5 Å².